The Hall–Kier alpha value is -2.26. The van der Waals surface area contributed by atoms with Crippen molar-refractivity contribution in [2.24, 2.45) is 0 Å². The first-order valence-electron chi connectivity index (χ1n) is 11.9. The standard InChI is InChI=1S/C24H38N2O6Si/c1-14(2)33(15(3)4,16(5)6)32-21-13-19-17(12-20(21)31-7)22(27)25-11-9-8-10-18(25)23(28)26(19)24(29)30/h12-16,18,23,28H,8-11H2,1-7H3,(H,29,30)/t18-,23?/m0/s1. The maximum absolute atomic E-state index is 13.5. The van der Waals surface area contributed by atoms with Crippen molar-refractivity contribution in [2.75, 3.05) is 18.6 Å². The summed E-state index contributed by atoms with van der Waals surface area (Å²) < 4.78 is 12.5. The predicted molar refractivity (Wildman–Crippen MR) is 130 cm³/mol. The fourth-order valence-electron chi connectivity index (χ4n) is 5.91. The molecule has 1 saturated heterocycles. The molecule has 2 N–H and O–H groups in total. The topological polar surface area (TPSA) is 99.5 Å². The van der Waals surface area contributed by atoms with Crippen LogP contribution in [0, 0.1) is 0 Å². The molecule has 3 rings (SSSR count). The van der Waals surface area contributed by atoms with Crippen molar-refractivity contribution in [2.45, 2.75) is 89.7 Å². The van der Waals surface area contributed by atoms with Gasteiger partial charge in [-0.25, -0.2) is 9.69 Å². The SMILES string of the molecule is COc1cc2c(cc1O[Si](C(C)C)(C(C)C)C(C)C)N(C(=O)O)C(O)[C@@H]1CCCCN1C2=O. The molecule has 8 nitrogen and oxygen atoms in total. The van der Waals surface area contributed by atoms with Crippen LogP contribution in [0.2, 0.25) is 16.6 Å². The van der Waals surface area contributed by atoms with E-state index in [0.29, 0.717) is 24.5 Å². The molecule has 2 aliphatic rings. The van der Waals surface area contributed by atoms with E-state index >= 15 is 0 Å². The first-order chi connectivity index (χ1) is 15.5. The molecule has 0 aliphatic carbocycles. The van der Waals surface area contributed by atoms with E-state index in [9.17, 15) is 19.8 Å². The fourth-order valence-corrected chi connectivity index (χ4v) is 11.2. The third-order valence-electron chi connectivity index (χ3n) is 7.39. The highest BCUT2D eigenvalue weighted by atomic mass is 28.4. The summed E-state index contributed by atoms with van der Waals surface area (Å²) in [5.41, 5.74) is 1.22. The zero-order valence-corrected chi connectivity index (χ0v) is 21.8. The van der Waals surface area contributed by atoms with Gasteiger partial charge in [-0.3, -0.25) is 4.79 Å². The number of aliphatic hydroxyl groups is 1. The fraction of sp³-hybridized carbons (Fsp3) is 0.667. The van der Waals surface area contributed by atoms with Gasteiger partial charge in [0, 0.05) is 12.6 Å². The number of nitrogens with zero attached hydrogens (tertiary/aromatic N) is 2. The Morgan fingerprint density at radius 3 is 2.18 bits per heavy atom. The summed E-state index contributed by atoms with van der Waals surface area (Å²) in [6.07, 6.45) is -0.453. The Morgan fingerprint density at radius 1 is 1.06 bits per heavy atom. The summed E-state index contributed by atoms with van der Waals surface area (Å²) in [6, 6.07) is 2.57. The van der Waals surface area contributed by atoms with Crippen molar-refractivity contribution in [1.82, 2.24) is 4.90 Å². The lowest BCUT2D eigenvalue weighted by atomic mass is 10.0. The third kappa shape index (κ3) is 4.21. The Morgan fingerprint density at radius 2 is 1.67 bits per heavy atom. The van der Waals surface area contributed by atoms with Crippen LogP contribution in [-0.2, 0) is 0 Å². The van der Waals surface area contributed by atoms with Gasteiger partial charge in [-0.05, 0) is 42.0 Å². The van der Waals surface area contributed by atoms with Gasteiger partial charge in [0.1, 0.15) is 5.75 Å². The molecule has 2 amide bonds. The second kappa shape index (κ2) is 9.54. The van der Waals surface area contributed by atoms with Gasteiger partial charge in [-0.15, -0.1) is 0 Å². The van der Waals surface area contributed by atoms with Gasteiger partial charge in [0.15, 0.2) is 12.0 Å². The summed E-state index contributed by atoms with van der Waals surface area (Å²) in [4.78, 5) is 28.3. The summed E-state index contributed by atoms with van der Waals surface area (Å²) >= 11 is 0. The molecule has 0 spiro atoms. The van der Waals surface area contributed by atoms with Crippen molar-refractivity contribution in [1.29, 1.82) is 0 Å². The van der Waals surface area contributed by atoms with Crippen LogP contribution in [0.5, 0.6) is 11.5 Å². The van der Waals surface area contributed by atoms with Gasteiger partial charge in [0.25, 0.3) is 14.2 Å². The number of hydrogen-bond donors (Lipinski definition) is 2. The van der Waals surface area contributed by atoms with E-state index in [1.165, 1.54) is 7.11 Å². The number of carbonyl (C=O) groups excluding carboxylic acids is 1. The van der Waals surface area contributed by atoms with Crippen molar-refractivity contribution in [3.63, 3.8) is 0 Å². The number of hydrogen-bond acceptors (Lipinski definition) is 5. The van der Waals surface area contributed by atoms with Crippen molar-refractivity contribution in [3.05, 3.63) is 17.7 Å². The van der Waals surface area contributed by atoms with E-state index in [2.05, 4.69) is 41.5 Å². The first-order valence-corrected chi connectivity index (χ1v) is 14.0. The molecule has 2 atom stereocenters. The maximum Gasteiger partial charge on any atom is 0.414 e. The average Bonchev–Trinajstić information content (AvgIpc) is 2.84. The zero-order chi connectivity index (χ0) is 24.7. The van der Waals surface area contributed by atoms with Crippen molar-refractivity contribution >= 4 is 26.0 Å². The minimum absolute atomic E-state index is 0.143. The van der Waals surface area contributed by atoms with Crippen molar-refractivity contribution in [3.8, 4) is 11.5 Å². The first kappa shape index (κ1) is 25.4. The largest absolute Gasteiger partial charge is 0.540 e. The highest BCUT2D eigenvalue weighted by Gasteiger charge is 2.48. The number of rotatable bonds is 6. The molecule has 0 radical (unpaired) electrons. The molecular formula is C24H38N2O6Si. The van der Waals surface area contributed by atoms with Gasteiger partial charge in [-0.2, -0.15) is 0 Å². The number of methoxy groups -OCH3 is 1. The highest BCUT2D eigenvalue weighted by molar-refractivity contribution is 6.78. The van der Waals surface area contributed by atoms with E-state index in [1.807, 2.05) is 0 Å². The van der Waals surface area contributed by atoms with Crippen LogP contribution < -0.4 is 14.1 Å². The number of carboxylic acid groups (broad SMARTS) is 1. The molecule has 2 heterocycles. The van der Waals surface area contributed by atoms with Crippen LogP contribution in [-0.4, -0.2) is 61.4 Å². The lowest BCUT2D eigenvalue weighted by Gasteiger charge is -2.42. The zero-order valence-electron chi connectivity index (χ0n) is 20.8. The molecule has 0 bridgehead atoms. The second-order valence-corrected chi connectivity index (χ2v) is 15.4. The van der Waals surface area contributed by atoms with Crippen LogP contribution in [0.15, 0.2) is 12.1 Å². The number of piperidine rings is 1. The van der Waals surface area contributed by atoms with Gasteiger partial charge in [0.05, 0.1) is 24.4 Å². The van der Waals surface area contributed by atoms with E-state index in [0.717, 1.165) is 17.7 Å². The lowest BCUT2D eigenvalue weighted by molar-refractivity contribution is 0.0246. The van der Waals surface area contributed by atoms with Crippen LogP contribution in [0.25, 0.3) is 0 Å². The van der Waals surface area contributed by atoms with Crippen molar-refractivity contribution < 1.29 is 29.0 Å². The van der Waals surface area contributed by atoms with Gasteiger partial charge in [0.2, 0.25) is 0 Å². The van der Waals surface area contributed by atoms with Gasteiger partial charge >= 0.3 is 6.09 Å². The van der Waals surface area contributed by atoms with E-state index in [1.54, 1.807) is 17.0 Å². The molecule has 1 fully saturated rings. The monoisotopic (exact) mass is 478 g/mol. The minimum Gasteiger partial charge on any atom is -0.540 e. The van der Waals surface area contributed by atoms with E-state index < -0.39 is 26.7 Å². The molecular weight excluding hydrogens is 440 g/mol. The Labute approximate surface area is 197 Å². The molecule has 1 unspecified atom stereocenters. The smallest absolute Gasteiger partial charge is 0.414 e. The highest BCUT2D eigenvalue weighted by Crippen LogP contribution is 2.47. The number of amides is 2. The summed E-state index contributed by atoms with van der Waals surface area (Å²) in [7, 11) is -0.871. The number of ether oxygens (including phenoxy) is 1. The molecule has 184 valence electrons. The number of aliphatic hydroxyl groups excluding tert-OH is 1. The minimum atomic E-state index is -2.39. The van der Waals surface area contributed by atoms with Gasteiger partial charge in [-0.1, -0.05) is 41.5 Å². The van der Waals surface area contributed by atoms with Crippen LogP contribution in [0.4, 0.5) is 10.5 Å². The molecule has 2 aliphatic heterocycles. The van der Waals surface area contributed by atoms with Crippen LogP contribution in [0.1, 0.15) is 71.2 Å². The number of fused-ring (bicyclic) bond motifs is 2. The van der Waals surface area contributed by atoms with E-state index in [-0.39, 0.29) is 33.8 Å². The predicted octanol–water partition coefficient (Wildman–Crippen LogP) is 5.06. The number of carbonyl (C=O) groups is 2. The van der Waals surface area contributed by atoms with Crippen LogP contribution in [0.3, 0.4) is 0 Å². The molecule has 9 heteroatoms. The lowest BCUT2D eigenvalue weighted by Crippen LogP contribution is -2.54. The molecule has 1 aromatic rings. The number of anilines is 1. The Balaban J connectivity index is 2.22. The third-order valence-corrected chi connectivity index (χ3v) is 13.4. The number of benzene rings is 1. The summed E-state index contributed by atoms with van der Waals surface area (Å²) in [5, 5.41) is 21.1. The molecule has 0 saturated carbocycles. The molecule has 33 heavy (non-hydrogen) atoms. The Bertz CT molecular complexity index is 881. The van der Waals surface area contributed by atoms with E-state index in [4.69, 9.17) is 9.16 Å². The second-order valence-electron chi connectivity index (χ2n) is 10.1. The quantitative estimate of drug-likeness (QED) is 0.555. The summed E-state index contributed by atoms with van der Waals surface area (Å²) in [5.74, 6) is 0.531. The van der Waals surface area contributed by atoms with Gasteiger partial charge < -0.3 is 24.3 Å². The molecule has 0 aromatic heterocycles. The molecule has 1 aromatic carbocycles. The summed E-state index contributed by atoms with van der Waals surface area (Å²) in [6.45, 7) is 13.5. The van der Waals surface area contributed by atoms with Crippen LogP contribution >= 0.6 is 0 Å². The normalized spacial score (nSPS) is 21.2. The Kier molecular flexibility index (Phi) is 7.33. The average molecular weight is 479 g/mol. The maximum atomic E-state index is 13.5.